The fraction of sp³-hybridized carbons (Fsp3) is 0.188. The quantitative estimate of drug-likeness (QED) is 0.606. The molecule has 2 rings (SSSR count). The summed E-state index contributed by atoms with van der Waals surface area (Å²) in [6.07, 6.45) is 0.375. The number of rotatable bonds is 5. The normalized spacial score (nSPS) is 11.8. The fourth-order valence-corrected chi connectivity index (χ4v) is 2.95. The van der Waals surface area contributed by atoms with E-state index in [2.05, 4.69) is 12.1 Å². The zero-order valence-electron chi connectivity index (χ0n) is 10.8. The molecule has 0 spiro atoms. The summed E-state index contributed by atoms with van der Waals surface area (Å²) in [5, 5.41) is 0.0797. The van der Waals surface area contributed by atoms with Gasteiger partial charge >= 0.3 is 5.97 Å². The van der Waals surface area contributed by atoms with Crippen LogP contribution >= 0.6 is 11.8 Å². The number of thioether (sulfide) groups is 1. The maximum atomic E-state index is 11.6. The van der Waals surface area contributed by atoms with E-state index in [0.29, 0.717) is 6.42 Å². The first-order valence-corrected chi connectivity index (χ1v) is 7.01. The van der Waals surface area contributed by atoms with Gasteiger partial charge in [0.1, 0.15) is 0 Å². The molecule has 98 valence electrons. The fourth-order valence-electron chi connectivity index (χ4n) is 1.79. The van der Waals surface area contributed by atoms with Crippen molar-refractivity contribution in [3.05, 3.63) is 66.2 Å². The number of carbonyl (C=O) groups is 1. The van der Waals surface area contributed by atoms with Crippen LogP contribution in [-0.4, -0.2) is 13.1 Å². The third-order valence-electron chi connectivity index (χ3n) is 2.77. The van der Waals surface area contributed by atoms with E-state index in [4.69, 9.17) is 4.74 Å². The number of methoxy groups -OCH3 is 1. The predicted molar refractivity (Wildman–Crippen MR) is 78.1 cm³/mol. The Labute approximate surface area is 117 Å². The summed E-state index contributed by atoms with van der Waals surface area (Å²) in [5.74, 6) is -0.183. The largest absolute Gasteiger partial charge is 0.469 e. The molecule has 0 amide bonds. The summed E-state index contributed by atoms with van der Waals surface area (Å²) in [6, 6.07) is 20.2. The van der Waals surface area contributed by atoms with Gasteiger partial charge in [0, 0.05) is 10.1 Å². The minimum atomic E-state index is -0.183. The summed E-state index contributed by atoms with van der Waals surface area (Å²) in [6.45, 7) is 0. The molecule has 19 heavy (non-hydrogen) atoms. The average molecular weight is 272 g/mol. The van der Waals surface area contributed by atoms with Crippen molar-refractivity contribution in [3.63, 3.8) is 0 Å². The second kappa shape index (κ2) is 7.00. The van der Waals surface area contributed by atoms with Gasteiger partial charge in [-0.25, -0.2) is 0 Å². The number of hydrogen-bond acceptors (Lipinski definition) is 3. The lowest BCUT2D eigenvalue weighted by molar-refractivity contribution is -0.140. The Bertz CT molecular complexity index is 511. The van der Waals surface area contributed by atoms with Gasteiger partial charge in [-0.2, -0.15) is 0 Å². The number of carbonyl (C=O) groups excluding carboxylic acids is 1. The SMILES string of the molecule is COC(=O)CC(Sc1ccccc1)c1ccccc1. The molecule has 0 bridgehead atoms. The summed E-state index contributed by atoms with van der Waals surface area (Å²) in [5.41, 5.74) is 1.14. The molecule has 0 fully saturated rings. The van der Waals surface area contributed by atoms with Gasteiger partial charge in [0.25, 0.3) is 0 Å². The maximum absolute atomic E-state index is 11.6. The molecule has 0 radical (unpaired) electrons. The maximum Gasteiger partial charge on any atom is 0.306 e. The molecule has 0 aliphatic carbocycles. The molecular weight excluding hydrogens is 256 g/mol. The second-order valence-electron chi connectivity index (χ2n) is 4.11. The highest BCUT2D eigenvalue weighted by molar-refractivity contribution is 7.99. The van der Waals surface area contributed by atoms with E-state index in [1.165, 1.54) is 7.11 Å². The molecule has 0 saturated carbocycles. The zero-order valence-corrected chi connectivity index (χ0v) is 11.6. The van der Waals surface area contributed by atoms with Crippen LogP contribution in [0.1, 0.15) is 17.2 Å². The molecule has 2 aromatic carbocycles. The van der Waals surface area contributed by atoms with Crippen molar-refractivity contribution >= 4 is 17.7 Å². The summed E-state index contributed by atoms with van der Waals surface area (Å²) in [7, 11) is 1.43. The first-order valence-electron chi connectivity index (χ1n) is 6.13. The van der Waals surface area contributed by atoms with Gasteiger partial charge in [-0.15, -0.1) is 11.8 Å². The van der Waals surface area contributed by atoms with Gasteiger partial charge in [-0.1, -0.05) is 48.5 Å². The molecule has 2 nitrogen and oxygen atoms in total. The van der Waals surface area contributed by atoms with Gasteiger partial charge in [0.15, 0.2) is 0 Å². The molecule has 0 aliphatic rings. The van der Waals surface area contributed by atoms with Crippen LogP contribution < -0.4 is 0 Å². The molecule has 0 aliphatic heterocycles. The summed E-state index contributed by atoms with van der Waals surface area (Å²) >= 11 is 1.68. The third kappa shape index (κ3) is 4.14. The topological polar surface area (TPSA) is 26.3 Å². The highest BCUT2D eigenvalue weighted by atomic mass is 32.2. The van der Waals surface area contributed by atoms with Crippen LogP contribution in [0, 0.1) is 0 Å². The van der Waals surface area contributed by atoms with Crippen LogP contribution in [-0.2, 0) is 9.53 Å². The monoisotopic (exact) mass is 272 g/mol. The Morgan fingerprint density at radius 1 is 1.05 bits per heavy atom. The van der Waals surface area contributed by atoms with Crippen molar-refractivity contribution < 1.29 is 9.53 Å². The van der Waals surface area contributed by atoms with Crippen molar-refractivity contribution in [2.75, 3.05) is 7.11 Å². The van der Waals surface area contributed by atoms with E-state index in [1.807, 2.05) is 48.5 Å². The van der Waals surface area contributed by atoms with Gasteiger partial charge in [0.2, 0.25) is 0 Å². The lowest BCUT2D eigenvalue weighted by Crippen LogP contribution is -2.06. The molecular formula is C16H16O2S. The van der Waals surface area contributed by atoms with E-state index in [1.54, 1.807) is 11.8 Å². The summed E-state index contributed by atoms with van der Waals surface area (Å²) in [4.78, 5) is 12.7. The zero-order chi connectivity index (χ0) is 13.5. The first kappa shape index (κ1) is 13.7. The standard InChI is InChI=1S/C16H16O2S/c1-18-16(17)12-15(13-8-4-2-5-9-13)19-14-10-6-3-7-11-14/h2-11,15H,12H2,1H3. The van der Waals surface area contributed by atoms with Crippen molar-refractivity contribution in [2.45, 2.75) is 16.6 Å². The van der Waals surface area contributed by atoms with Crippen LogP contribution in [0.3, 0.4) is 0 Å². The Balaban J connectivity index is 2.17. The van der Waals surface area contributed by atoms with Gasteiger partial charge in [-0.3, -0.25) is 4.79 Å². The Kier molecular flexibility index (Phi) is 5.04. The molecule has 2 aromatic rings. The third-order valence-corrected chi connectivity index (χ3v) is 4.04. The van der Waals surface area contributed by atoms with Crippen molar-refractivity contribution in [3.8, 4) is 0 Å². The van der Waals surface area contributed by atoms with Crippen LogP contribution in [0.15, 0.2) is 65.6 Å². The lowest BCUT2D eigenvalue weighted by atomic mass is 10.1. The number of benzene rings is 2. The Hall–Kier alpha value is -1.74. The van der Waals surface area contributed by atoms with Gasteiger partial charge in [-0.05, 0) is 17.7 Å². The van der Waals surface area contributed by atoms with Gasteiger partial charge in [0.05, 0.1) is 13.5 Å². The van der Waals surface area contributed by atoms with E-state index in [0.717, 1.165) is 10.5 Å². The molecule has 1 unspecified atom stereocenters. The van der Waals surface area contributed by atoms with E-state index >= 15 is 0 Å². The number of hydrogen-bond donors (Lipinski definition) is 0. The highest BCUT2D eigenvalue weighted by Gasteiger charge is 2.17. The van der Waals surface area contributed by atoms with Crippen molar-refractivity contribution in [1.29, 1.82) is 0 Å². The van der Waals surface area contributed by atoms with Gasteiger partial charge < -0.3 is 4.74 Å². The molecule has 1 atom stereocenters. The van der Waals surface area contributed by atoms with Crippen molar-refractivity contribution in [1.82, 2.24) is 0 Å². The highest BCUT2D eigenvalue weighted by Crippen LogP contribution is 2.37. The predicted octanol–water partition coefficient (Wildman–Crippen LogP) is 4.08. The molecule has 3 heteroatoms. The van der Waals surface area contributed by atoms with Crippen LogP contribution in [0.2, 0.25) is 0 Å². The molecule has 0 saturated heterocycles. The van der Waals surface area contributed by atoms with Crippen LogP contribution in [0.25, 0.3) is 0 Å². The van der Waals surface area contributed by atoms with E-state index in [-0.39, 0.29) is 11.2 Å². The Morgan fingerprint density at radius 2 is 1.63 bits per heavy atom. The first-order chi connectivity index (χ1) is 9.29. The van der Waals surface area contributed by atoms with E-state index in [9.17, 15) is 4.79 Å². The second-order valence-corrected chi connectivity index (χ2v) is 5.39. The van der Waals surface area contributed by atoms with Crippen molar-refractivity contribution in [2.24, 2.45) is 0 Å². The Morgan fingerprint density at radius 3 is 2.21 bits per heavy atom. The minimum absolute atomic E-state index is 0.0797. The lowest BCUT2D eigenvalue weighted by Gasteiger charge is -2.15. The van der Waals surface area contributed by atoms with Crippen LogP contribution in [0.4, 0.5) is 0 Å². The van der Waals surface area contributed by atoms with E-state index < -0.39 is 0 Å². The summed E-state index contributed by atoms with van der Waals surface area (Å²) < 4.78 is 4.79. The van der Waals surface area contributed by atoms with Crippen LogP contribution in [0.5, 0.6) is 0 Å². The molecule has 0 heterocycles. The number of esters is 1. The minimum Gasteiger partial charge on any atom is -0.469 e. The smallest absolute Gasteiger partial charge is 0.306 e. The number of ether oxygens (including phenoxy) is 1. The average Bonchev–Trinajstić information content (AvgIpc) is 2.48. The molecule has 0 N–H and O–H groups in total. The molecule has 0 aromatic heterocycles.